The average molecular weight is 447 g/mol. The van der Waals surface area contributed by atoms with Gasteiger partial charge < -0.3 is 9.84 Å². The van der Waals surface area contributed by atoms with Crippen molar-refractivity contribution < 1.29 is 41.9 Å². The minimum atomic E-state index is -1.97. The predicted octanol–water partition coefficient (Wildman–Crippen LogP) is 5.37. The Morgan fingerprint density at radius 3 is 1.90 bits per heavy atom. The van der Waals surface area contributed by atoms with Gasteiger partial charge in [0.25, 0.3) is 5.69 Å². The molecule has 0 amide bonds. The molecule has 0 spiro atoms. The fourth-order valence-electron chi connectivity index (χ4n) is 2.13. The number of ketones is 2. The molecule has 2 aromatic carbocycles. The number of carbonyl (C=O) groups is 2. The zero-order valence-corrected chi connectivity index (χ0v) is 17.4. The summed E-state index contributed by atoms with van der Waals surface area (Å²) in [6, 6.07) is 4.14. The highest BCUT2D eigenvalue weighted by Crippen LogP contribution is 2.29. The van der Waals surface area contributed by atoms with Crippen molar-refractivity contribution in [2.45, 2.75) is 34.1 Å². The van der Waals surface area contributed by atoms with Crippen LogP contribution in [0.5, 0.6) is 11.5 Å². The summed E-state index contributed by atoms with van der Waals surface area (Å²) < 4.78 is 56.3. The Kier molecular flexibility index (Phi) is 10.9. The molecule has 0 aromatic heterocycles. The monoisotopic (exact) mass is 447 g/mol. The first-order chi connectivity index (χ1) is 14.5. The van der Waals surface area contributed by atoms with Crippen LogP contribution in [0.25, 0.3) is 0 Å². The number of phenolic OH excluding ortho intramolecular Hbond substituents is 1. The first kappa shape index (κ1) is 27.5. The van der Waals surface area contributed by atoms with Gasteiger partial charge >= 0.3 is 0 Å². The van der Waals surface area contributed by atoms with Gasteiger partial charge in [0.15, 0.2) is 29.0 Å². The molecule has 0 heterocycles. The van der Waals surface area contributed by atoms with Crippen LogP contribution in [-0.2, 0) is 0 Å². The second-order valence-electron chi connectivity index (χ2n) is 5.45. The van der Waals surface area contributed by atoms with Crippen LogP contribution in [0.2, 0.25) is 0 Å². The molecule has 0 radical (unpaired) electrons. The molecule has 0 saturated heterocycles. The molecule has 7 nitrogen and oxygen atoms in total. The lowest BCUT2D eigenvalue weighted by Crippen LogP contribution is -2.09. The molecule has 2 aromatic rings. The Hall–Kier alpha value is -3.50. The lowest BCUT2D eigenvalue weighted by Gasteiger charge is -2.06. The maximum atomic E-state index is 13.0. The van der Waals surface area contributed by atoms with Gasteiger partial charge in [-0.1, -0.05) is 20.8 Å². The van der Waals surface area contributed by atoms with Gasteiger partial charge in [0.2, 0.25) is 11.6 Å². The summed E-state index contributed by atoms with van der Waals surface area (Å²) in [6.45, 7) is 6.57. The van der Waals surface area contributed by atoms with Crippen molar-refractivity contribution in [2.24, 2.45) is 0 Å². The molecule has 0 unspecified atom stereocenters. The van der Waals surface area contributed by atoms with Gasteiger partial charge in [-0.05, 0) is 19.1 Å². The molecule has 1 N–H and O–H groups in total. The normalized spacial score (nSPS) is 9.58. The number of halogens is 4. The molecule has 170 valence electrons. The molecule has 0 saturated carbocycles. The molecule has 0 atom stereocenters. The van der Waals surface area contributed by atoms with Gasteiger partial charge in [-0.3, -0.25) is 19.7 Å². The third-order valence-corrected chi connectivity index (χ3v) is 3.62. The SMILES string of the molecule is CC.CCC(=O)c1c(F)c(F)c(O)c(F)c1F.COc1ccc(C(C)=O)c([N+](=O)[O-])c1. The van der Waals surface area contributed by atoms with Crippen molar-refractivity contribution in [1.29, 1.82) is 0 Å². The van der Waals surface area contributed by atoms with Crippen molar-refractivity contribution in [3.8, 4) is 11.5 Å². The van der Waals surface area contributed by atoms with Crippen molar-refractivity contribution in [1.82, 2.24) is 0 Å². The predicted molar refractivity (Wildman–Crippen MR) is 104 cm³/mol. The molecule has 2 rings (SSSR count). The molecule has 0 fully saturated rings. The Morgan fingerprint density at radius 2 is 1.55 bits per heavy atom. The number of ether oxygens (including phenoxy) is 1. The first-order valence-electron chi connectivity index (χ1n) is 8.89. The molecule has 0 bridgehead atoms. The average Bonchev–Trinajstić information content (AvgIpc) is 2.77. The van der Waals surface area contributed by atoms with Crippen LogP contribution in [0.1, 0.15) is 54.8 Å². The number of benzene rings is 2. The van der Waals surface area contributed by atoms with E-state index in [9.17, 15) is 37.3 Å². The number of nitro benzene ring substituents is 1. The van der Waals surface area contributed by atoms with Crippen LogP contribution in [0.3, 0.4) is 0 Å². The highest BCUT2D eigenvalue weighted by molar-refractivity contribution is 5.98. The number of methoxy groups -OCH3 is 1. The maximum Gasteiger partial charge on any atom is 0.283 e. The Balaban J connectivity index is 0.000000539. The van der Waals surface area contributed by atoms with Crippen molar-refractivity contribution in [2.75, 3.05) is 7.11 Å². The number of hydrogen-bond donors (Lipinski definition) is 1. The van der Waals surface area contributed by atoms with Crippen LogP contribution in [0.15, 0.2) is 18.2 Å². The second kappa shape index (κ2) is 12.3. The summed E-state index contributed by atoms with van der Waals surface area (Å²) in [5.74, 6) is -10.5. The molecule has 0 aliphatic carbocycles. The van der Waals surface area contributed by atoms with Crippen molar-refractivity contribution in [3.05, 3.63) is 62.7 Å². The van der Waals surface area contributed by atoms with E-state index in [0.29, 0.717) is 5.75 Å². The van der Waals surface area contributed by atoms with Crippen molar-refractivity contribution in [3.63, 3.8) is 0 Å². The Bertz CT molecular complexity index is 950. The third kappa shape index (κ3) is 6.49. The maximum absolute atomic E-state index is 13.0. The minimum absolute atomic E-state index is 0.0933. The zero-order valence-electron chi connectivity index (χ0n) is 17.4. The standard InChI is InChI=1S/C9H6F4O2.C9H9NO4.C2H6/c1-2-3(14)4-5(10)7(12)9(15)8(13)6(4)11;1-6(11)8-4-3-7(14-2)5-9(8)10(12)13;1-2/h15H,2H2,1H3;3-5H,1-2H3;1-2H3. The molecule has 31 heavy (non-hydrogen) atoms. The van der Waals surface area contributed by atoms with Crippen LogP contribution >= 0.6 is 0 Å². The van der Waals surface area contributed by atoms with Gasteiger partial charge in [0.1, 0.15) is 5.75 Å². The zero-order chi connectivity index (χ0) is 24.5. The van der Waals surface area contributed by atoms with E-state index < -0.39 is 45.3 Å². The summed E-state index contributed by atoms with van der Waals surface area (Å²) in [6.07, 6.45) is -0.308. The summed E-state index contributed by atoms with van der Waals surface area (Å²) >= 11 is 0. The molecule has 11 heteroatoms. The highest BCUT2D eigenvalue weighted by Gasteiger charge is 2.28. The van der Waals surface area contributed by atoms with E-state index in [4.69, 9.17) is 9.84 Å². The fourth-order valence-corrected chi connectivity index (χ4v) is 2.13. The number of nitrogens with zero attached hydrogens (tertiary/aromatic N) is 1. The van der Waals surface area contributed by atoms with E-state index in [2.05, 4.69) is 0 Å². The summed E-state index contributed by atoms with van der Waals surface area (Å²) in [7, 11) is 1.41. The van der Waals surface area contributed by atoms with E-state index in [-0.39, 0.29) is 23.5 Å². The van der Waals surface area contributed by atoms with Crippen LogP contribution in [0.4, 0.5) is 23.2 Å². The lowest BCUT2D eigenvalue weighted by atomic mass is 10.1. The van der Waals surface area contributed by atoms with Gasteiger partial charge in [-0.2, -0.15) is 8.78 Å². The van der Waals surface area contributed by atoms with Gasteiger partial charge in [0.05, 0.1) is 29.2 Å². The fraction of sp³-hybridized carbons (Fsp3) is 0.300. The largest absolute Gasteiger partial charge is 0.503 e. The van der Waals surface area contributed by atoms with Crippen molar-refractivity contribution >= 4 is 17.3 Å². The number of carbonyl (C=O) groups excluding carboxylic acids is 2. The van der Waals surface area contributed by atoms with Gasteiger partial charge in [-0.15, -0.1) is 0 Å². The van der Waals surface area contributed by atoms with Crippen LogP contribution in [-0.4, -0.2) is 28.7 Å². The number of rotatable bonds is 5. The van der Waals surface area contributed by atoms with E-state index in [1.165, 1.54) is 39.2 Å². The van der Waals surface area contributed by atoms with E-state index >= 15 is 0 Å². The quantitative estimate of drug-likeness (QED) is 0.217. The number of hydrogen-bond acceptors (Lipinski definition) is 6. The summed E-state index contributed by atoms with van der Waals surface area (Å²) in [4.78, 5) is 32.0. The smallest absolute Gasteiger partial charge is 0.283 e. The number of nitro groups is 1. The summed E-state index contributed by atoms with van der Waals surface area (Å²) in [5.41, 5.74) is -1.43. The minimum Gasteiger partial charge on any atom is -0.503 e. The topological polar surface area (TPSA) is 107 Å². The van der Waals surface area contributed by atoms with E-state index in [1.807, 2.05) is 13.8 Å². The Morgan fingerprint density at radius 1 is 1.06 bits per heavy atom. The van der Waals surface area contributed by atoms with Crippen LogP contribution < -0.4 is 4.74 Å². The molecular weight excluding hydrogens is 426 g/mol. The molecule has 0 aliphatic rings. The number of phenols is 1. The van der Waals surface area contributed by atoms with E-state index in [0.717, 1.165) is 0 Å². The van der Waals surface area contributed by atoms with Gasteiger partial charge in [-0.25, -0.2) is 8.78 Å². The first-order valence-corrected chi connectivity index (χ1v) is 8.89. The molecular formula is C20H21F4NO6. The number of aromatic hydroxyl groups is 1. The second-order valence-corrected chi connectivity index (χ2v) is 5.45. The number of Topliss-reactive ketones (excluding diaryl/α,β-unsaturated/α-hetero) is 2. The van der Waals surface area contributed by atoms with Crippen LogP contribution in [0, 0.1) is 33.4 Å². The Labute approximate surface area is 175 Å². The van der Waals surface area contributed by atoms with E-state index in [1.54, 1.807) is 0 Å². The third-order valence-electron chi connectivity index (χ3n) is 3.62. The van der Waals surface area contributed by atoms with Gasteiger partial charge in [0, 0.05) is 6.42 Å². The highest BCUT2D eigenvalue weighted by atomic mass is 19.2. The lowest BCUT2D eigenvalue weighted by molar-refractivity contribution is -0.385. The summed E-state index contributed by atoms with van der Waals surface area (Å²) in [5, 5.41) is 19.2. The molecule has 0 aliphatic heterocycles.